The summed E-state index contributed by atoms with van der Waals surface area (Å²) in [4.78, 5) is 26.1. The maximum absolute atomic E-state index is 13.1. The zero-order valence-electron chi connectivity index (χ0n) is 17.3. The molecule has 164 valence electrons. The van der Waals surface area contributed by atoms with Crippen LogP contribution in [0.5, 0.6) is 0 Å². The number of carbonyl (C=O) groups is 1. The smallest absolute Gasteiger partial charge is 0.254 e. The van der Waals surface area contributed by atoms with E-state index in [0.717, 1.165) is 31.2 Å². The normalized spacial score (nSPS) is 24.0. The maximum atomic E-state index is 13.1. The number of piperazine rings is 1. The summed E-state index contributed by atoms with van der Waals surface area (Å²) in [6.45, 7) is 4.85. The molecule has 0 saturated carbocycles. The number of carbonyl (C=O) groups excluding carboxylic acids is 1. The van der Waals surface area contributed by atoms with Crippen LogP contribution in [0.1, 0.15) is 22.6 Å². The lowest BCUT2D eigenvalue weighted by molar-refractivity contribution is 0.00574. The molecule has 0 radical (unpaired) electrons. The van der Waals surface area contributed by atoms with E-state index in [4.69, 9.17) is 4.74 Å². The molecule has 2 atom stereocenters. The average Bonchev–Trinajstić information content (AvgIpc) is 2.80. The number of hydrogen-bond donors (Lipinski definition) is 0. The summed E-state index contributed by atoms with van der Waals surface area (Å²) in [5.41, 5.74) is 0.516. The molecule has 10 heteroatoms. The first kappa shape index (κ1) is 20.3. The molecule has 6 rings (SSSR count). The Morgan fingerprint density at radius 1 is 1.06 bits per heavy atom. The van der Waals surface area contributed by atoms with Gasteiger partial charge in [-0.15, -0.1) is 0 Å². The fraction of sp³-hybridized carbons (Fsp3) is 0.476. The number of morpholine rings is 1. The SMILES string of the molecule is Cc1nccc(N2CC3CC(C2)N3C(=O)c2ccc(S(=O)(=O)N3CCOCC3)cc2)n1. The first-order valence-electron chi connectivity index (χ1n) is 10.5. The van der Waals surface area contributed by atoms with Gasteiger partial charge in [-0.2, -0.15) is 4.31 Å². The second-order valence-electron chi connectivity index (χ2n) is 8.16. The van der Waals surface area contributed by atoms with Crippen LogP contribution in [0.15, 0.2) is 41.4 Å². The van der Waals surface area contributed by atoms with Crippen LogP contribution in [0, 0.1) is 6.92 Å². The summed E-state index contributed by atoms with van der Waals surface area (Å²) in [7, 11) is -3.56. The number of aryl methyl sites for hydroxylation is 1. The van der Waals surface area contributed by atoms with Crippen molar-refractivity contribution in [2.75, 3.05) is 44.3 Å². The largest absolute Gasteiger partial charge is 0.379 e. The number of anilines is 1. The van der Waals surface area contributed by atoms with Crippen LogP contribution in [-0.4, -0.2) is 85.0 Å². The number of sulfonamides is 1. The summed E-state index contributed by atoms with van der Waals surface area (Å²) in [5, 5.41) is 0. The van der Waals surface area contributed by atoms with Crippen LogP contribution in [0.25, 0.3) is 0 Å². The van der Waals surface area contributed by atoms with Gasteiger partial charge in [-0.25, -0.2) is 18.4 Å². The van der Waals surface area contributed by atoms with Gasteiger partial charge in [0.2, 0.25) is 10.0 Å². The number of piperidine rings is 1. The molecule has 2 bridgehead atoms. The maximum Gasteiger partial charge on any atom is 0.254 e. The summed E-state index contributed by atoms with van der Waals surface area (Å²) in [6, 6.07) is 8.48. The van der Waals surface area contributed by atoms with E-state index < -0.39 is 10.0 Å². The molecule has 0 spiro atoms. The van der Waals surface area contributed by atoms with Gasteiger partial charge in [0.05, 0.1) is 30.2 Å². The monoisotopic (exact) mass is 443 g/mol. The van der Waals surface area contributed by atoms with Crippen molar-refractivity contribution in [1.29, 1.82) is 0 Å². The third-order valence-corrected chi connectivity index (χ3v) is 8.14. The van der Waals surface area contributed by atoms with Crippen molar-refractivity contribution in [3.05, 3.63) is 47.9 Å². The lowest BCUT2D eigenvalue weighted by Gasteiger charge is -2.56. The second-order valence-corrected chi connectivity index (χ2v) is 10.1. The van der Waals surface area contributed by atoms with E-state index in [9.17, 15) is 13.2 Å². The highest BCUT2D eigenvalue weighted by Gasteiger charge is 2.47. The van der Waals surface area contributed by atoms with Gasteiger partial charge >= 0.3 is 0 Å². The number of nitrogens with zero attached hydrogens (tertiary/aromatic N) is 5. The molecule has 2 unspecified atom stereocenters. The predicted molar refractivity (Wildman–Crippen MR) is 113 cm³/mol. The Balaban J connectivity index is 1.27. The Labute approximate surface area is 181 Å². The molecule has 0 aliphatic carbocycles. The Kier molecular flexibility index (Phi) is 5.15. The van der Waals surface area contributed by atoms with Crippen molar-refractivity contribution in [1.82, 2.24) is 19.2 Å². The number of aromatic nitrogens is 2. The number of fused-ring (bicyclic) bond motifs is 2. The van der Waals surface area contributed by atoms with Gasteiger partial charge in [0, 0.05) is 37.9 Å². The number of hydrogen-bond acceptors (Lipinski definition) is 7. The second kappa shape index (κ2) is 7.85. The number of ether oxygens (including phenoxy) is 1. The fourth-order valence-corrected chi connectivity index (χ4v) is 6.01. The fourth-order valence-electron chi connectivity index (χ4n) is 4.60. The van der Waals surface area contributed by atoms with E-state index in [-0.39, 0.29) is 22.9 Å². The molecule has 31 heavy (non-hydrogen) atoms. The summed E-state index contributed by atoms with van der Waals surface area (Å²) in [5.74, 6) is 1.58. The van der Waals surface area contributed by atoms with E-state index in [1.54, 1.807) is 18.3 Å². The van der Waals surface area contributed by atoms with Gasteiger partial charge in [-0.05, 0) is 43.7 Å². The molecule has 4 aliphatic heterocycles. The Morgan fingerprint density at radius 2 is 1.74 bits per heavy atom. The highest BCUT2D eigenvalue weighted by molar-refractivity contribution is 7.89. The van der Waals surface area contributed by atoms with Crippen molar-refractivity contribution in [3.63, 3.8) is 0 Å². The first-order valence-corrected chi connectivity index (χ1v) is 11.9. The van der Waals surface area contributed by atoms with Crippen molar-refractivity contribution in [2.45, 2.75) is 30.3 Å². The molecule has 5 heterocycles. The van der Waals surface area contributed by atoms with E-state index in [0.29, 0.717) is 31.9 Å². The van der Waals surface area contributed by atoms with Crippen molar-refractivity contribution in [2.24, 2.45) is 0 Å². The lowest BCUT2D eigenvalue weighted by atomic mass is 9.86. The third-order valence-electron chi connectivity index (χ3n) is 6.22. The molecule has 1 aromatic heterocycles. The molecule has 4 fully saturated rings. The van der Waals surface area contributed by atoms with Gasteiger partial charge in [0.1, 0.15) is 11.6 Å². The number of benzene rings is 1. The molecule has 1 aromatic carbocycles. The minimum Gasteiger partial charge on any atom is -0.379 e. The molecule has 1 amide bonds. The minimum absolute atomic E-state index is 0.0462. The van der Waals surface area contributed by atoms with E-state index in [1.807, 2.05) is 17.9 Å². The van der Waals surface area contributed by atoms with Gasteiger partial charge in [-0.1, -0.05) is 0 Å². The van der Waals surface area contributed by atoms with Crippen LogP contribution in [0.4, 0.5) is 5.82 Å². The van der Waals surface area contributed by atoms with Gasteiger partial charge < -0.3 is 14.5 Å². The van der Waals surface area contributed by atoms with Crippen LogP contribution in [-0.2, 0) is 14.8 Å². The van der Waals surface area contributed by atoms with Crippen molar-refractivity contribution >= 4 is 21.7 Å². The first-order chi connectivity index (χ1) is 14.9. The highest BCUT2D eigenvalue weighted by atomic mass is 32.2. The minimum atomic E-state index is -3.56. The highest BCUT2D eigenvalue weighted by Crippen LogP contribution is 2.35. The zero-order chi connectivity index (χ0) is 21.6. The third kappa shape index (κ3) is 3.68. The zero-order valence-corrected chi connectivity index (χ0v) is 18.2. The summed E-state index contributed by atoms with van der Waals surface area (Å²) < 4.78 is 32.2. The number of amides is 1. The van der Waals surface area contributed by atoms with Gasteiger partial charge in [-0.3, -0.25) is 4.79 Å². The van der Waals surface area contributed by atoms with E-state index in [2.05, 4.69) is 14.9 Å². The van der Waals surface area contributed by atoms with Gasteiger partial charge in [0.25, 0.3) is 5.91 Å². The molecule has 4 saturated heterocycles. The van der Waals surface area contributed by atoms with Crippen LogP contribution in [0.2, 0.25) is 0 Å². The van der Waals surface area contributed by atoms with Crippen LogP contribution >= 0.6 is 0 Å². The quantitative estimate of drug-likeness (QED) is 0.693. The lowest BCUT2D eigenvalue weighted by Crippen LogP contribution is -2.70. The van der Waals surface area contributed by atoms with Crippen LogP contribution < -0.4 is 4.90 Å². The standard InChI is InChI=1S/C21H25N5O4S/c1-15-22-7-6-20(23-15)24-13-17-12-18(14-24)26(17)21(27)16-2-4-19(5-3-16)31(28,29)25-8-10-30-11-9-25/h2-7,17-18H,8-14H2,1H3. The van der Waals surface area contributed by atoms with E-state index in [1.165, 1.54) is 16.4 Å². The Morgan fingerprint density at radius 3 is 2.39 bits per heavy atom. The summed E-state index contributed by atoms with van der Waals surface area (Å²) >= 11 is 0. The Hall–Kier alpha value is -2.56. The van der Waals surface area contributed by atoms with Crippen molar-refractivity contribution in [3.8, 4) is 0 Å². The molecule has 2 aromatic rings. The topological polar surface area (TPSA) is 95.9 Å². The predicted octanol–water partition coefficient (Wildman–Crippen LogP) is 0.909. The average molecular weight is 444 g/mol. The van der Waals surface area contributed by atoms with E-state index >= 15 is 0 Å². The molecule has 4 aliphatic rings. The summed E-state index contributed by atoms with van der Waals surface area (Å²) in [6.07, 6.45) is 2.74. The molecular weight excluding hydrogens is 418 g/mol. The molecular formula is C21H25N5O4S. The molecule has 0 N–H and O–H groups in total. The number of rotatable bonds is 4. The van der Waals surface area contributed by atoms with Crippen LogP contribution in [0.3, 0.4) is 0 Å². The molecule has 9 nitrogen and oxygen atoms in total. The Bertz CT molecular complexity index is 1070. The van der Waals surface area contributed by atoms with Crippen molar-refractivity contribution < 1.29 is 17.9 Å². The van der Waals surface area contributed by atoms with Gasteiger partial charge in [0.15, 0.2) is 0 Å².